The lowest BCUT2D eigenvalue weighted by atomic mass is 10.1. The Morgan fingerprint density at radius 3 is 2.43 bits per heavy atom. The van der Waals surface area contributed by atoms with E-state index in [1.165, 1.54) is 19.2 Å². The normalized spacial score (nSPS) is 13.6. The maximum atomic E-state index is 12.3. The molecule has 0 aliphatic carbocycles. The molecule has 0 fully saturated rings. The van der Waals surface area contributed by atoms with Gasteiger partial charge in [-0.3, -0.25) is 10.1 Å². The SMILES string of the molecule is COC[C@H](C)Nc1ccc(S(=O)(=O)NC(C)(C)C)cc1[N+](=O)[O-]. The number of nitro benzene ring substituents is 1. The van der Waals surface area contributed by atoms with Crippen molar-refractivity contribution < 1.29 is 18.1 Å². The Morgan fingerprint density at radius 1 is 1.35 bits per heavy atom. The van der Waals surface area contributed by atoms with Gasteiger partial charge < -0.3 is 10.1 Å². The molecular weight excluding hydrogens is 322 g/mol. The highest BCUT2D eigenvalue weighted by molar-refractivity contribution is 7.89. The van der Waals surface area contributed by atoms with E-state index in [1.54, 1.807) is 27.7 Å². The third kappa shape index (κ3) is 5.77. The van der Waals surface area contributed by atoms with Gasteiger partial charge in [0.1, 0.15) is 5.69 Å². The van der Waals surface area contributed by atoms with Gasteiger partial charge in [0, 0.05) is 24.8 Å². The van der Waals surface area contributed by atoms with Crippen LogP contribution in [0.5, 0.6) is 0 Å². The fourth-order valence-electron chi connectivity index (χ4n) is 1.97. The summed E-state index contributed by atoms with van der Waals surface area (Å²) in [4.78, 5) is 10.5. The molecule has 9 heteroatoms. The molecule has 1 atom stereocenters. The summed E-state index contributed by atoms with van der Waals surface area (Å²) in [6, 6.07) is 3.62. The highest BCUT2D eigenvalue weighted by atomic mass is 32.2. The van der Waals surface area contributed by atoms with Crippen molar-refractivity contribution in [3.63, 3.8) is 0 Å². The van der Waals surface area contributed by atoms with Crippen molar-refractivity contribution in [2.24, 2.45) is 0 Å². The molecule has 1 rings (SSSR count). The van der Waals surface area contributed by atoms with E-state index in [0.717, 1.165) is 6.07 Å². The Balaban J connectivity index is 3.21. The minimum atomic E-state index is -3.84. The molecule has 0 unspecified atom stereocenters. The predicted octanol–water partition coefficient (Wildman–Crippen LogP) is 2.12. The Hall–Kier alpha value is -1.71. The summed E-state index contributed by atoms with van der Waals surface area (Å²) >= 11 is 0. The zero-order chi connectivity index (χ0) is 17.8. The maximum absolute atomic E-state index is 12.3. The summed E-state index contributed by atoms with van der Waals surface area (Å²) in [7, 11) is -2.31. The van der Waals surface area contributed by atoms with Crippen molar-refractivity contribution in [1.29, 1.82) is 0 Å². The number of nitrogens with zero attached hydrogens (tertiary/aromatic N) is 1. The minimum absolute atomic E-state index is 0.149. The summed E-state index contributed by atoms with van der Waals surface area (Å²) in [5.41, 5.74) is -0.740. The molecule has 0 saturated carbocycles. The monoisotopic (exact) mass is 345 g/mol. The van der Waals surface area contributed by atoms with Crippen LogP contribution in [-0.4, -0.2) is 38.6 Å². The Morgan fingerprint density at radius 2 is 1.96 bits per heavy atom. The number of benzene rings is 1. The first kappa shape index (κ1) is 19.3. The number of anilines is 1. The Labute approximate surface area is 136 Å². The van der Waals surface area contributed by atoms with E-state index >= 15 is 0 Å². The zero-order valence-corrected chi connectivity index (χ0v) is 14.7. The molecule has 0 aliphatic rings. The van der Waals surface area contributed by atoms with Crippen molar-refractivity contribution in [1.82, 2.24) is 4.72 Å². The summed E-state index contributed by atoms with van der Waals surface area (Å²) in [6.45, 7) is 7.26. The summed E-state index contributed by atoms with van der Waals surface area (Å²) in [6.07, 6.45) is 0. The van der Waals surface area contributed by atoms with Crippen molar-refractivity contribution in [3.05, 3.63) is 28.3 Å². The fourth-order valence-corrected chi connectivity index (χ4v) is 3.41. The molecular formula is C14H23N3O5S. The van der Waals surface area contributed by atoms with Crippen LogP contribution in [0, 0.1) is 10.1 Å². The minimum Gasteiger partial charge on any atom is -0.383 e. The van der Waals surface area contributed by atoms with Crippen LogP contribution in [0.25, 0.3) is 0 Å². The molecule has 0 amide bonds. The van der Waals surface area contributed by atoms with Gasteiger partial charge in [-0.15, -0.1) is 0 Å². The van der Waals surface area contributed by atoms with Crippen LogP contribution >= 0.6 is 0 Å². The van der Waals surface area contributed by atoms with Gasteiger partial charge in [0.05, 0.1) is 16.4 Å². The topological polar surface area (TPSA) is 111 Å². The highest BCUT2D eigenvalue weighted by Crippen LogP contribution is 2.28. The first-order valence-corrected chi connectivity index (χ1v) is 8.52. The second kappa shape index (κ2) is 7.24. The molecule has 23 heavy (non-hydrogen) atoms. The summed E-state index contributed by atoms with van der Waals surface area (Å²) in [5.74, 6) is 0. The Kier molecular flexibility index (Phi) is 6.09. The molecule has 0 aromatic heterocycles. The number of hydrogen-bond acceptors (Lipinski definition) is 6. The summed E-state index contributed by atoms with van der Waals surface area (Å²) < 4.78 is 32.0. The van der Waals surface area contributed by atoms with Gasteiger partial charge in [0.25, 0.3) is 5.69 Å². The lowest BCUT2D eigenvalue weighted by Gasteiger charge is -2.20. The van der Waals surface area contributed by atoms with Crippen molar-refractivity contribution in [2.45, 2.75) is 44.2 Å². The molecule has 0 bridgehead atoms. The van der Waals surface area contributed by atoms with Crippen molar-refractivity contribution in [3.8, 4) is 0 Å². The van der Waals surface area contributed by atoms with Crippen LogP contribution in [0.2, 0.25) is 0 Å². The number of nitro groups is 1. The molecule has 1 aromatic carbocycles. The second-order valence-electron chi connectivity index (χ2n) is 6.29. The Bertz CT molecular complexity index is 667. The van der Waals surface area contributed by atoms with Crippen molar-refractivity contribution >= 4 is 21.4 Å². The quantitative estimate of drug-likeness (QED) is 0.578. The van der Waals surface area contributed by atoms with Crippen molar-refractivity contribution in [2.75, 3.05) is 19.0 Å². The molecule has 130 valence electrons. The molecule has 0 radical (unpaired) electrons. The number of ether oxygens (including phenoxy) is 1. The number of methoxy groups -OCH3 is 1. The van der Waals surface area contributed by atoms with E-state index in [9.17, 15) is 18.5 Å². The molecule has 0 spiro atoms. The molecule has 0 aliphatic heterocycles. The lowest BCUT2D eigenvalue weighted by Crippen LogP contribution is -2.40. The number of nitrogens with one attached hydrogen (secondary N) is 2. The van der Waals surface area contributed by atoms with Gasteiger partial charge in [-0.25, -0.2) is 13.1 Å². The predicted molar refractivity (Wildman–Crippen MR) is 88.1 cm³/mol. The first-order chi connectivity index (χ1) is 10.5. The highest BCUT2D eigenvalue weighted by Gasteiger charge is 2.25. The van der Waals surface area contributed by atoms with Crippen LogP contribution in [0.1, 0.15) is 27.7 Å². The largest absolute Gasteiger partial charge is 0.383 e. The van der Waals surface area contributed by atoms with Crippen LogP contribution in [-0.2, 0) is 14.8 Å². The lowest BCUT2D eigenvalue weighted by molar-refractivity contribution is -0.384. The molecule has 8 nitrogen and oxygen atoms in total. The zero-order valence-electron chi connectivity index (χ0n) is 13.9. The first-order valence-electron chi connectivity index (χ1n) is 7.04. The van der Waals surface area contributed by atoms with Crippen LogP contribution in [0.3, 0.4) is 0 Å². The van der Waals surface area contributed by atoms with Gasteiger partial charge in [-0.05, 0) is 39.8 Å². The number of sulfonamides is 1. The number of hydrogen-bond donors (Lipinski definition) is 2. The average molecular weight is 345 g/mol. The van der Waals surface area contributed by atoms with E-state index in [4.69, 9.17) is 4.74 Å². The standard InChI is InChI=1S/C14H23N3O5S/c1-10(9-22-5)15-12-7-6-11(8-13(12)17(18)19)23(20,21)16-14(2,3)4/h6-8,10,15-16H,9H2,1-5H3/t10-/m0/s1. The number of rotatable bonds is 7. The maximum Gasteiger partial charge on any atom is 0.293 e. The third-order valence-electron chi connectivity index (χ3n) is 2.74. The molecule has 2 N–H and O–H groups in total. The van der Waals surface area contributed by atoms with Gasteiger partial charge >= 0.3 is 0 Å². The van der Waals surface area contributed by atoms with E-state index in [-0.39, 0.29) is 22.3 Å². The van der Waals surface area contributed by atoms with Crippen LogP contribution < -0.4 is 10.0 Å². The molecule has 0 saturated heterocycles. The van der Waals surface area contributed by atoms with Gasteiger partial charge in [0.2, 0.25) is 10.0 Å². The fraction of sp³-hybridized carbons (Fsp3) is 0.571. The van der Waals surface area contributed by atoms with Crippen LogP contribution in [0.15, 0.2) is 23.1 Å². The van der Waals surface area contributed by atoms with Crippen LogP contribution in [0.4, 0.5) is 11.4 Å². The molecule has 1 aromatic rings. The van der Waals surface area contributed by atoms with Gasteiger partial charge in [-0.2, -0.15) is 0 Å². The van der Waals surface area contributed by atoms with E-state index in [1.807, 2.05) is 0 Å². The van der Waals surface area contributed by atoms with Gasteiger partial charge in [0.15, 0.2) is 0 Å². The van der Waals surface area contributed by atoms with E-state index in [2.05, 4.69) is 10.0 Å². The second-order valence-corrected chi connectivity index (χ2v) is 7.97. The van der Waals surface area contributed by atoms with E-state index < -0.39 is 20.5 Å². The smallest absolute Gasteiger partial charge is 0.293 e. The summed E-state index contributed by atoms with van der Waals surface area (Å²) in [5, 5.41) is 14.2. The average Bonchev–Trinajstić information content (AvgIpc) is 2.35. The van der Waals surface area contributed by atoms with E-state index in [0.29, 0.717) is 6.61 Å². The van der Waals surface area contributed by atoms with Gasteiger partial charge in [-0.1, -0.05) is 0 Å². The molecule has 0 heterocycles. The third-order valence-corrected chi connectivity index (χ3v) is 4.49.